The molecular weight excluding hydrogens is 393 g/mol. The number of rotatable bonds is 5. The Morgan fingerprint density at radius 3 is 2.33 bits per heavy atom. The normalized spacial score (nSPS) is 25.3. The Morgan fingerprint density at radius 1 is 1.00 bits per heavy atom. The van der Waals surface area contributed by atoms with Crippen molar-refractivity contribution in [2.75, 3.05) is 19.6 Å². The molecule has 30 heavy (non-hydrogen) atoms. The number of piperidine rings is 1. The summed E-state index contributed by atoms with van der Waals surface area (Å²) in [7, 11) is 0. The molecule has 0 saturated carbocycles. The van der Waals surface area contributed by atoms with Gasteiger partial charge in [-0.2, -0.15) is 0 Å². The van der Waals surface area contributed by atoms with Gasteiger partial charge in [-0.25, -0.2) is 13.2 Å². The minimum absolute atomic E-state index is 0.0248. The Hall–Kier alpha value is -2.54. The molecule has 0 bridgehead atoms. The van der Waals surface area contributed by atoms with Gasteiger partial charge in [-0.1, -0.05) is 36.4 Å². The van der Waals surface area contributed by atoms with E-state index in [-0.39, 0.29) is 35.7 Å². The van der Waals surface area contributed by atoms with Gasteiger partial charge in [0.15, 0.2) is 0 Å². The molecule has 4 rings (SSSR count). The monoisotopic (exact) mass is 418 g/mol. The van der Waals surface area contributed by atoms with Crippen molar-refractivity contribution in [2.45, 2.75) is 43.9 Å². The first-order chi connectivity index (χ1) is 14.4. The fraction of sp³-hybridized carbons (Fsp3) is 0.435. The van der Waals surface area contributed by atoms with Gasteiger partial charge in [0.1, 0.15) is 11.9 Å². The van der Waals surface area contributed by atoms with Crippen molar-refractivity contribution < 1.29 is 23.1 Å². The molecule has 2 aromatic carbocycles. The molecule has 0 radical (unpaired) electrons. The van der Waals surface area contributed by atoms with E-state index in [0.29, 0.717) is 32.5 Å². The maximum Gasteiger partial charge on any atom is 0.263 e. The Morgan fingerprint density at radius 2 is 1.70 bits per heavy atom. The zero-order valence-electron chi connectivity index (χ0n) is 16.6. The summed E-state index contributed by atoms with van der Waals surface area (Å²) < 4.78 is 40.3. The largest absolute Gasteiger partial charge is 0.508 e. The molecule has 0 aliphatic carbocycles. The summed E-state index contributed by atoms with van der Waals surface area (Å²) >= 11 is 0. The van der Waals surface area contributed by atoms with Crippen LogP contribution in [0.2, 0.25) is 0 Å². The number of benzene rings is 2. The summed E-state index contributed by atoms with van der Waals surface area (Å²) in [5.41, 5.74) is 1.64. The molecule has 160 valence electrons. The van der Waals surface area contributed by atoms with Crippen LogP contribution in [0.15, 0.2) is 48.5 Å². The lowest BCUT2D eigenvalue weighted by atomic mass is 9.87. The first-order valence-electron chi connectivity index (χ1n) is 10.2. The molecule has 2 aliphatic rings. The first kappa shape index (κ1) is 20.7. The first-order valence-corrected chi connectivity index (χ1v) is 10.2. The second kappa shape index (κ2) is 8.68. The van der Waals surface area contributed by atoms with Crippen LogP contribution in [-0.4, -0.2) is 52.7 Å². The number of halogens is 3. The van der Waals surface area contributed by atoms with Gasteiger partial charge in [-0.3, -0.25) is 9.69 Å². The van der Waals surface area contributed by atoms with Gasteiger partial charge in [0.05, 0.1) is 6.04 Å². The standard InChI is InChI=1S/C23H25F3N2O2/c24-20-14-27(11-9-19(20)16-5-7-18(29)8-6-16)21-10-12-28(23(21)30)13-15-1-3-17(4-2-15)22(25)26/h1-8,19-22,29H,9-14H2/t19-,20+,21?/m0/s1. The minimum atomic E-state index is -2.50. The van der Waals surface area contributed by atoms with Crippen LogP contribution in [0.3, 0.4) is 0 Å². The molecule has 2 aliphatic heterocycles. The van der Waals surface area contributed by atoms with Crippen LogP contribution in [0, 0.1) is 0 Å². The smallest absolute Gasteiger partial charge is 0.263 e. The Kier molecular flexibility index (Phi) is 5.99. The number of alkyl halides is 3. The average Bonchev–Trinajstić information content (AvgIpc) is 3.09. The van der Waals surface area contributed by atoms with Crippen LogP contribution in [0.1, 0.15) is 41.9 Å². The van der Waals surface area contributed by atoms with Gasteiger partial charge < -0.3 is 10.0 Å². The van der Waals surface area contributed by atoms with E-state index in [9.17, 15) is 23.1 Å². The molecule has 2 saturated heterocycles. The van der Waals surface area contributed by atoms with Gasteiger partial charge in [0.25, 0.3) is 6.43 Å². The van der Waals surface area contributed by atoms with Crippen molar-refractivity contribution in [3.05, 3.63) is 65.2 Å². The summed E-state index contributed by atoms with van der Waals surface area (Å²) in [5.74, 6) is -0.0990. The topological polar surface area (TPSA) is 43.8 Å². The molecule has 0 aromatic heterocycles. The van der Waals surface area contributed by atoms with E-state index in [1.807, 2.05) is 4.90 Å². The van der Waals surface area contributed by atoms with Gasteiger partial charge in [0, 0.05) is 31.1 Å². The van der Waals surface area contributed by atoms with Crippen molar-refractivity contribution in [2.24, 2.45) is 0 Å². The zero-order chi connectivity index (χ0) is 21.3. The second-order valence-electron chi connectivity index (χ2n) is 8.10. The van der Waals surface area contributed by atoms with Crippen LogP contribution in [0.4, 0.5) is 13.2 Å². The molecule has 3 atom stereocenters. The summed E-state index contributed by atoms with van der Waals surface area (Å²) in [6.45, 7) is 1.80. The fourth-order valence-electron chi connectivity index (χ4n) is 4.52. The number of aromatic hydroxyl groups is 1. The van der Waals surface area contributed by atoms with Gasteiger partial charge in [-0.15, -0.1) is 0 Å². The van der Waals surface area contributed by atoms with E-state index in [1.165, 1.54) is 12.1 Å². The minimum Gasteiger partial charge on any atom is -0.508 e. The van der Waals surface area contributed by atoms with Crippen LogP contribution in [-0.2, 0) is 11.3 Å². The van der Waals surface area contributed by atoms with Crippen LogP contribution < -0.4 is 0 Å². The number of hydrogen-bond acceptors (Lipinski definition) is 3. The molecule has 2 fully saturated rings. The Bertz CT molecular complexity index is 873. The molecule has 4 nitrogen and oxygen atoms in total. The van der Waals surface area contributed by atoms with Crippen molar-refractivity contribution >= 4 is 5.91 Å². The molecule has 2 heterocycles. The Balaban J connectivity index is 1.35. The molecule has 1 amide bonds. The lowest BCUT2D eigenvalue weighted by molar-refractivity contribution is -0.133. The fourth-order valence-corrected chi connectivity index (χ4v) is 4.52. The third-order valence-electron chi connectivity index (χ3n) is 6.21. The molecule has 1 N–H and O–H groups in total. The van der Waals surface area contributed by atoms with E-state index < -0.39 is 12.6 Å². The van der Waals surface area contributed by atoms with E-state index >= 15 is 0 Å². The van der Waals surface area contributed by atoms with Crippen LogP contribution in [0.25, 0.3) is 0 Å². The van der Waals surface area contributed by atoms with E-state index in [0.717, 1.165) is 11.1 Å². The number of carbonyl (C=O) groups excluding carboxylic acids is 1. The quantitative estimate of drug-likeness (QED) is 0.789. The van der Waals surface area contributed by atoms with E-state index in [1.54, 1.807) is 41.3 Å². The zero-order valence-corrected chi connectivity index (χ0v) is 16.6. The van der Waals surface area contributed by atoms with Gasteiger partial charge in [0.2, 0.25) is 5.91 Å². The van der Waals surface area contributed by atoms with Crippen molar-refractivity contribution in [3.8, 4) is 5.75 Å². The third kappa shape index (κ3) is 4.31. The summed E-state index contributed by atoms with van der Waals surface area (Å²) in [6.07, 6.45) is -2.32. The number of nitrogens with zero attached hydrogens (tertiary/aromatic N) is 2. The summed E-state index contributed by atoms with van der Waals surface area (Å²) in [6, 6.07) is 12.4. The molecule has 1 unspecified atom stereocenters. The number of phenols is 1. The lowest BCUT2D eigenvalue weighted by Gasteiger charge is -2.37. The number of carbonyl (C=O) groups is 1. The van der Waals surface area contributed by atoms with Gasteiger partial charge in [-0.05, 0) is 42.6 Å². The maximum atomic E-state index is 14.9. The Labute approximate surface area is 173 Å². The number of phenolic OH excluding ortho intramolecular Hbond substituents is 1. The molecule has 0 spiro atoms. The highest BCUT2D eigenvalue weighted by atomic mass is 19.3. The van der Waals surface area contributed by atoms with E-state index in [4.69, 9.17) is 0 Å². The third-order valence-corrected chi connectivity index (χ3v) is 6.21. The SMILES string of the molecule is O=C1C(N2CC[C@@H](c3ccc(O)cc3)[C@H](F)C2)CCN1Cc1ccc(C(F)F)cc1. The summed E-state index contributed by atoms with van der Waals surface area (Å²) in [4.78, 5) is 16.6. The number of hydrogen-bond donors (Lipinski definition) is 1. The maximum absolute atomic E-state index is 14.9. The predicted molar refractivity (Wildman–Crippen MR) is 107 cm³/mol. The average molecular weight is 418 g/mol. The van der Waals surface area contributed by atoms with Crippen molar-refractivity contribution in [1.82, 2.24) is 9.80 Å². The van der Waals surface area contributed by atoms with Crippen molar-refractivity contribution in [3.63, 3.8) is 0 Å². The van der Waals surface area contributed by atoms with Gasteiger partial charge >= 0.3 is 0 Å². The summed E-state index contributed by atoms with van der Waals surface area (Å²) in [5, 5.41) is 9.43. The predicted octanol–water partition coefficient (Wildman–Crippen LogP) is 4.26. The van der Waals surface area contributed by atoms with Crippen LogP contribution >= 0.6 is 0 Å². The number of amides is 1. The van der Waals surface area contributed by atoms with Crippen molar-refractivity contribution in [1.29, 1.82) is 0 Å². The highest BCUT2D eigenvalue weighted by molar-refractivity contribution is 5.84. The second-order valence-corrected chi connectivity index (χ2v) is 8.10. The number of likely N-dealkylation sites (tertiary alicyclic amines) is 2. The highest BCUT2D eigenvalue weighted by Crippen LogP contribution is 2.33. The molecule has 2 aromatic rings. The highest BCUT2D eigenvalue weighted by Gasteiger charge is 2.40. The molecule has 7 heteroatoms. The van der Waals surface area contributed by atoms with E-state index in [2.05, 4.69) is 0 Å². The lowest BCUT2D eigenvalue weighted by Crippen LogP contribution is -2.49. The van der Waals surface area contributed by atoms with Crippen LogP contribution in [0.5, 0.6) is 5.75 Å². The molecular formula is C23H25F3N2O2.